The Balaban J connectivity index is 2.40. The molecule has 0 aromatic heterocycles. The Morgan fingerprint density at radius 1 is 1.50 bits per heavy atom. The Morgan fingerprint density at radius 3 is 3.00 bits per heavy atom. The van der Waals surface area contributed by atoms with Crippen molar-refractivity contribution < 1.29 is 0 Å². The van der Waals surface area contributed by atoms with Gasteiger partial charge in [-0.1, -0.05) is 31.0 Å². The number of fused-ring (bicyclic) bond motifs is 1. The molecule has 76 valence electrons. The molecule has 1 aromatic carbocycles. The van der Waals surface area contributed by atoms with Gasteiger partial charge in [0.15, 0.2) is 0 Å². The van der Waals surface area contributed by atoms with E-state index in [2.05, 4.69) is 25.2 Å². The van der Waals surface area contributed by atoms with Gasteiger partial charge in [-0.2, -0.15) is 0 Å². The third-order valence-electron chi connectivity index (χ3n) is 3.10. The summed E-state index contributed by atoms with van der Waals surface area (Å²) >= 11 is 6.20. The maximum Gasteiger partial charge on any atom is 0.0458 e. The summed E-state index contributed by atoms with van der Waals surface area (Å²) in [5, 5.41) is 4.40. The second-order valence-corrected chi connectivity index (χ2v) is 4.48. The van der Waals surface area contributed by atoms with Crippen LogP contribution in [0.2, 0.25) is 5.02 Å². The first-order valence-corrected chi connectivity index (χ1v) is 5.62. The van der Waals surface area contributed by atoms with Gasteiger partial charge in [-0.25, -0.2) is 0 Å². The first kappa shape index (κ1) is 9.85. The molecule has 2 rings (SSSR count). The topological polar surface area (TPSA) is 12.0 Å². The van der Waals surface area contributed by atoms with Crippen molar-refractivity contribution in [2.75, 3.05) is 11.9 Å². The first-order chi connectivity index (χ1) is 6.72. The molecule has 2 heteroatoms. The zero-order valence-electron chi connectivity index (χ0n) is 8.73. The minimum atomic E-state index is 0.738. The van der Waals surface area contributed by atoms with Crippen LogP contribution in [0.15, 0.2) is 12.1 Å². The van der Waals surface area contributed by atoms with Crippen molar-refractivity contribution in [2.45, 2.75) is 26.7 Å². The number of hydrogen-bond acceptors (Lipinski definition) is 1. The van der Waals surface area contributed by atoms with Crippen molar-refractivity contribution in [1.29, 1.82) is 0 Å². The third kappa shape index (κ3) is 1.61. The minimum absolute atomic E-state index is 0.738. The fourth-order valence-corrected chi connectivity index (χ4v) is 2.32. The Kier molecular flexibility index (Phi) is 2.69. The Labute approximate surface area is 90.5 Å². The van der Waals surface area contributed by atoms with Gasteiger partial charge in [0.2, 0.25) is 0 Å². The molecule has 1 nitrogen and oxygen atoms in total. The van der Waals surface area contributed by atoms with Crippen LogP contribution in [0, 0.1) is 12.8 Å². The van der Waals surface area contributed by atoms with E-state index in [1.807, 2.05) is 6.07 Å². The number of anilines is 1. The van der Waals surface area contributed by atoms with Gasteiger partial charge in [0.25, 0.3) is 0 Å². The molecule has 1 N–H and O–H groups in total. The molecular formula is C12H16ClN. The first-order valence-electron chi connectivity index (χ1n) is 5.24. The molecule has 14 heavy (non-hydrogen) atoms. The van der Waals surface area contributed by atoms with Crippen LogP contribution in [0.3, 0.4) is 0 Å². The minimum Gasteiger partial charge on any atom is -0.384 e. The van der Waals surface area contributed by atoms with E-state index < -0.39 is 0 Å². The van der Waals surface area contributed by atoms with Crippen LogP contribution in [0.25, 0.3) is 0 Å². The summed E-state index contributed by atoms with van der Waals surface area (Å²) in [5.41, 5.74) is 3.88. The van der Waals surface area contributed by atoms with Crippen molar-refractivity contribution in [3.63, 3.8) is 0 Å². The normalized spacial score (nSPS) is 20.1. The number of nitrogens with one attached hydrogen (secondary N) is 1. The van der Waals surface area contributed by atoms with Gasteiger partial charge in [-0.05, 0) is 36.5 Å². The largest absolute Gasteiger partial charge is 0.384 e. The molecule has 0 saturated heterocycles. The van der Waals surface area contributed by atoms with Gasteiger partial charge < -0.3 is 5.32 Å². The van der Waals surface area contributed by atoms with Gasteiger partial charge in [0, 0.05) is 17.3 Å². The van der Waals surface area contributed by atoms with E-state index >= 15 is 0 Å². The highest BCUT2D eigenvalue weighted by Crippen LogP contribution is 2.34. The summed E-state index contributed by atoms with van der Waals surface area (Å²) in [6, 6.07) is 4.09. The van der Waals surface area contributed by atoms with Crippen molar-refractivity contribution in [2.24, 2.45) is 5.92 Å². The van der Waals surface area contributed by atoms with E-state index in [1.165, 1.54) is 23.2 Å². The fraction of sp³-hybridized carbons (Fsp3) is 0.500. The number of hydrogen-bond donors (Lipinski definition) is 1. The lowest BCUT2D eigenvalue weighted by atomic mass is 9.90. The van der Waals surface area contributed by atoms with Crippen molar-refractivity contribution in [3.8, 4) is 0 Å². The van der Waals surface area contributed by atoms with Gasteiger partial charge in [-0.3, -0.25) is 0 Å². The highest BCUT2D eigenvalue weighted by Gasteiger charge is 2.20. The standard InChI is InChI=1S/C12H16ClN/c1-3-9-6-10-11(13)5-4-8(2)12(10)14-7-9/h4-5,9,14H,3,6-7H2,1-2H3. The van der Waals surface area contributed by atoms with E-state index in [0.717, 1.165) is 23.9 Å². The number of halogens is 1. The monoisotopic (exact) mass is 209 g/mol. The van der Waals surface area contributed by atoms with E-state index in [-0.39, 0.29) is 0 Å². The smallest absolute Gasteiger partial charge is 0.0458 e. The van der Waals surface area contributed by atoms with E-state index in [4.69, 9.17) is 11.6 Å². The summed E-state index contributed by atoms with van der Waals surface area (Å²) in [4.78, 5) is 0. The molecule has 1 aromatic rings. The Bertz CT molecular complexity index is 346. The molecule has 1 atom stereocenters. The zero-order chi connectivity index (χ0) is 10.1. The van der Waals surface area contributed by atoms with E-state index in [9.17, 15) is 0 Å². The third-order valence-corrected chi connectivity index (χ3v) is 3.46. The van der Waals surface area contributed by atoms with Gasteiger partial charge in [0.1, 0.15) is 0 Å². The van der Waals surface area contributed by atoms with Crippen LogP contribution in [0.1, 0.15) is 24.5 Å². The SMILES string of the molecule is CCC1CNc2c(C)ccc(Cl)c2C1. The van der Waals surface area contributed by atoms with Crippen LogP contribution >= 0.6 is 11.6 Å². The zero-order valence-corrected chi connectivity index (χ0v) is 9.49. The summed E-state index contributed by atoms with van der Waals surface area (Å²) < 4.78 is 0. The summed E-state index contributed by atoms with van der Waals surface area (Å²) in [5.74, 6) is 0.738. The van der Waals surface area contributed by atoms with Crippen LogP contribution in [-0.4, -0.2) is 6.54 Å². The van der Waals surface area contributed by atoms with Crippen LogP contribution in [-0.2, 0) is 6.42 Å². The van der Waals surface area contributed by atoms with Gasteiger partial charge >= 0.3 is 0 Å². The van der Waals surface area contributed by atoms with Crippen molar-refractivity contribution in [1.82, 2.24) is 0 Å². The molecule has 0 fully saturated rings. The predicted octanol–water partition coefficient (Wildman–Crippen LogP) is 3.64. The van der Waals surface area contributed by atoms with Crippen LogP contribution < -0.4 is 5.32 Å². The molecule has 0 spiro atoms. The fourth-order valence-electron chi connectivity index (χ4n) is 2.08. The molecule has 1 unspecified atom stereocenters. The lowest BCUT2D eigenvalue weighted by molar-refractivity contribution is 0.520. The van der Waals surface area contributed by atoms with E-state index in [1.54, 1.807) is 0 Å². The molecule has 0 amide bonds. The average Bonchev–Trinajstić information content (AvgIpc) is 2.23. The lowest BCUT2D eigenvalue weighted by Gasteiger charge is -2.27. The molecule has 1 aliphatic rings. The second kappa shape index (κ2) is 3.82. The van der Waals surface area contributed by atoms with Gasteiger partial charge in [-0.15, -0.1) is 0 Å². The molecule has 1 aliphatic heterocycles. The van der Waals surface area contributed by atoms with Crippen molar-refractivity contribution >= 4 is 17.3 Å². The Morgan fingerprint density at radius 2 is 2.29 bits per heavy atom. The highest BCUT2D eigenvalue weighted by molar-refractivity contribution is 6.31. The van der Waals surface area contributed by atoms with Crippen molar-refractivity contribution in [3.05, 3.63) is 28.3 Å². The maximum absolute atomic E-state index is 6.20. The predicted molar refractivity (Wildman–Crippen MR) is 62.2 cm³/mol. The second-order valence-electron chi connectivity index (χ2n) is 4.08. The summed E-state index contributed by atoms with van der Waals surface area (Å²) in [6.07, 6.45) is 2.34. The molecule has 0 bridgehead atoms. The quantitative estimate of drug-likeness (QED) is 0.745. The lowest BCUT2D eigenvalue weighted by Crippen LogP contribution is -2.23. The summed E-state index contributed by atoms with van der Waals surface area (Å²) in [6.45, 7) is 5.46. The molecule has 0 saturated carbocycles. The number of benzene rings is 1. The maximum atomic E-state index is 6.20. The molecule has 0 radical (unpaired) electrons. The van der Waals surface area contributed by atoms with E-state index in [0.29, 0.717) is 0 Å². The summed E-state index contributed by atoms with van der Waals surface area (Å²) in [7, 11) is 0. The number of aryl methyl sites for hydroxylation is 1. The number of rotatable bonds is 1. The molecular weight excluding hydrogens is 194 g/mol. The van der Waals surface area contributed by atoms with Gasteiger partial charge in [0.05, 0.1) is 0 Å². The van der Waals surface area contributed by atoms with Crippen LogP contribution in [0.4, 0.5) is 5.69 Å². The van der Waals surface area contributed by atoms with Crippen LogP contribution in [0.5, 0.6) is 0 Å². The Hall–Kier alpha value is -0.690. The average molecular weight is 210 g/mol. The molecule has 0 aliphatic carbocycles. The molecule has 1 heterocycles. The highest BCUT2D eigenvalue weighted by atomic mass is 35.5.